The molecule has 0 aliphatic heterocycles. The third-order valence-electron chi connectivity index (χ3n) is 2.92. The highest BCUT2D eigenvalue weighted by molar-refractivity contribution is 7.99. The van der Waals surface area contributed by atoms with Crippen LogP contribution in [-0.2, 0) is 11.0 Å². The van der Waals surface area contributed by atoms with Gasteiger partial charge in [-0.15, -0.1) is 11.3 Å². The van der Waals surface area contributed by atoms with E-state index >= 15 is 0 Å². The van der Waals surface area contributed by atoms with Gasteiger partial charge in [0.2, 0.25) is 0 Å². The number of alkyl halides is 3. The van der Waals surface area contributed by atoms with E-state index in [9.17, 15) is 13.2 Å². The fourth-order valence-corrected chi connectivity index (χ4v) is 3.65. The number of nitrogens with zero attached hydrogens (tertiary/aromatic N) is 3. The highest BCUT2D eigenvalue weighted by Gasteiger charge is 2.30. The molecule has 9 heteroatoms. The molecular formula is C14H10F3N3OS2. The summed E-state index contributed by atoms with van der Waals surface area (Å²) in [5.74, 6) is 0. The lowest BCUT2D eigenvalue weighted by atomic mass is 10.2. The van der Waals surface area contributed by atoms with Crippen LogP contribution in [0.4, 0.5) is 13.2 Å². The maximum atomic E-state index is 12.8. The van der Waals surface area contributed by atoms with Crippen molar-refractivity contribution in [2.45, 2.75) is 16.1 Å². The third kappa shape index (κ3) is 3.35. The van der Waals surface area contributed by atoms with Crippen LogP contribution < -0.4 is 0 Å². The van der Waals surface area contributed by atoms with E-state index in [1.165, 1.54) is 30.7 Å². The number of oxime groups is 1. The van der Waals surface area contributed by atoms with Gasteiger partial charge in [-0.25, -0.2) is 4.98 Å². The summed E-state index contributed by atoms with van der Waals surface area (Å²) >= 11 is 2.58. The van der Waals surface area contributed by atoms with Crippen molar-refractivity contribution in [3.05, 3.63) is 47.1 Å². The van der Waals surface area contributed by atoms with Crippen LogP contribution in [0.25, 0.3) is 4.96 Å². The molecule has 0 saturated heterocycles. The molecule has 2 aromatic heterocycles. The molecule has 0 atom stereocenters. The molecule has 0 spiro atoms. The molecule has 23 heavy (non-hydrogen) atoms. The lowest BCUT2D eigenvalue weighted by molar-refractivity contribution is -0.137. The zero-order valence-corrected chi connectivity index (χ0v) is 13.4. The second kappa shape index (κ2) is 6.25. The van der Waals surface area contributed by atoms with Crippen molar-refractivity contribution in [3.8, 4) is 0 Å². The van der Waals surface area contributed by atoms with Gasteiger partial charge in [-0.1, -0.05) is 23.0 Å². The summed E-state index contributed by atoms with van der Waals surface area (Å²) in [6.07, 6.45) is -1.06. The van der Waals surface area contributed by atoms with Crippen molar-refractivity contribution in [2.24, 2.45) is 5.16 Å². The third-order valence-corrected chi connectivity index (χ3v) is 4.66. The highest BCUT2D eigenvalue weighted by atomic mass is 32.2. The fourth-order valence-electron chi connectivity index (χ4n) is 1.93. The number of hydrogen-bond donors (Lipinski definition) is 0. The normalized spacial score (nSPS) is 12.3. The minimum absolute atomic E-state index is 0.456. The van der Waals surface area contributed by atoms with E-state index in [4.69, 9.17) is 0 Å². The number of fused-ring (bicyclic) bond motifs is 1. The Morgan fingerprint density at radius 3 is 2.96 bits per heavy atom. The van der Waals surface area contributed by atoms with Crippen LogP contribution in [-0.4, -0.2) is 22.7 Å². The zero-order chi connectivity index (χ0) is 16.4. The number of hydrogen-bond acceptors (Lipinski definition) is 5. The topological polar surface area (TPSA) is 38.9 Å². The molecule has 0 saturated carbocycles. The molecule has 4 nitrogen and oxygen atoms in total. The summed E-state index contributed by atoms with van der Waals surface area (Å²) in [4.78, 5) is 10.3. The van der Waals surface area contributed by atoms with Crippen molar-refractivity contribution in [1.29, 1.82) is 0 Å². The van der Waals surface area contributed by atoms with Gasteiger partial charge in [0.1, 0.15) is 17.8 Å². The second-order valence-corrected chi connectivity index (χ2v) is 6.34. The van der Waals surface area contributed by atoms with Gasteiger partial charge >= 0.3 is 6.18 Å². The largest absolute Gasteiger partial charge is 0.416 e. The van der Waals surface area contributed by atoms with Gasteiger partial charge in [0, 0.05) is 16.5 Å². The standard InChI is InChI=1S/C14H10F3N3OS2/c1-21-18-8-11-12(19-13-20(11)5-6-22-13)23-10-4-2-3-9(7-10)14(15,16)17/h2-8H,1H3/b18-8+. The molecular weight excluding hydrogens is 347 g/mol. The molecule has 2 heterocycles. The first kappa shape index (κ1) is 15.9. The molecule has 0 radical (unpaired) electrons. The van der Waals surface area contributed by atoms with E-state index in [0.717, 1.165) is 28.9 Å². The molecule has 1 aromatic carbocycles. The summed E-state index contributed by atoms with van der Waals surface area (Å²) in [5, 5.41) is 6.16. The van der Waals surface area contributed by atoms with Crippen molar-refractivity contribution in [1.82, 2.24) is 9.38 Å². The number of benzene rings is 1. The van der Waals surface area contributed by atoms with Gasteiger partial charge in [0.25, 0.3) is 0 Å². The molecule has 3 rings (SSSR count). The predicted octanol–water partition coefficient (Wildman–Crippen LogP) is 4.55. The maximum absolute atomic E-state index is 12.8. The molecule has 0 bridgehead atoms. The van der Waals surface area contributed by atoms with E-state index in [1.807, 2.05) is 16.0 Å². The lowest BCUT2D eigenvalue weighted by Crippen LogP contribution is -2.04. The first-order chi connectivity index (χ1) is 11.0. The number of aromatic nitrogens is 2. The Morgan fingerprint density at radius 1 is 1.39 bits per heavy atom. The molecule has 0 aliphatic rings. The van der Waals surface area contributed by atoms with Gasteiger partial charge in [0.15, 0.2) is 4.96 Å². The SMILES string of the molecule is CO/N=C/c1c(Sc2cccc(C(F)(F)F)c2)nc2sccn12. The van der Waals surface area contributed by atoms with E-state index in [-0.39, 0.29) is 0 Å². The number of imidazole rings is 1. The summed E-state index contributed by atoms with van der Waals surface area (Å²) in [5.41, 5.74) is -0.0267. The smallest absolute Gasteiger partial charge is 0.399 e. The first-order valence-electron chi connectivity index (χ1n) is 6.36. The predicted molar refractivity (Wildman–Crippen MR) is 83.2 cm³/mol. The van der Waals surface area contributed by atoms with Crippen LogP contribution >= 0.6 is 23.1 Å². The van der Waals surface area contributed by atoms with Crippen LogP contribution in [0.2, 0.25) is 0 Å². The summed E-state index contributed by atoms with van der Waals surface area (Å²) in [6, 6.07) is 5.15. The molecule has 0 aliphatic carbocycles. The van der Waals surface area contributed by atoms with Gasteiger partial charge in [-0.05, 0) is 18.2 Å². The summed E-state index contributed by atoms with van der Waals surface area (Å²) in [7, 11) is 1.42. The van der Waals surface area contributed by atoms with E-state index in [2.05, 4.69) is 15.0 Å². The lowest BCUT2D eigenvalue weighted by Gasteiger charge is -2.07. The number of rotatable bonds is 4. The van der Waals surface area contributed by atoms with Crippen molar-refractivity contribution >= 4 is 34.3 Å². The molecule has 0 amide bonds. The van der Waals surface area contributed by atoms with E-state index < -0.39 is 11.7 Å². The van der Waals surface area contributed by atoms with Crippen LogP contribution in [0.3, 0.4) is 0 Å². The maximum Gasteiger partial charge on any atom is 0.416 e. The van der Waals surface area contributed by atoms with Crippen LogP contribution in [0, 0.1) is 0 Å². The van der Waals surface area contributed by atoms with Crippen molar-refractivity contribution in [3.63, 3.8) is 0 Å². The van der Waals surface area contributed by atoms with Gasteiger partial charge in [-0.2, -0.15) is 13.2 Å². The van der Waals surface area contributed by atoms with Crippen molar-refractivity contribution in [2.75, 3.05) is 7.11 Å². The Kier molecular flexibility index (Phi) is 4.31. The van der Waals surface area contributed by atoms with Crippen LogP contribution in [0.1, 0.15) is 11.3 Å². The summed E-state index contributed by atoms with van der Waals surface area (Å²) in [6.45, 7) is 0. The van der Waals surface area contributed by atoms with E-state index in [1.54, 1.807) is 6.07 Å². The molecule has 3 aromatic rings. The Labute approximate surface area is 137 Å². The van der Waals surface area contributed by atoms with Gasteiger partial charge < -0.3 is 4.84 Å². The minimum Gasteiger partial charge on any atom is -0.399 e. The molecule has 120 valence electrons. The number of halogens is 3. The number of thiazole rings is 1. The Hall–Kier alpha value is -2.00. The zero-order valence-electron chi connectivity index (χ0n) is 11.7. The second-order valence-electron chi connectivity index (χ2n) is 4.40. The quantitative estimate of drug-likeness (QED) is 0.508. The molecule has 0 unspecified atom stereocenters. The Morgan fingerprint density at radius 2 is 2.22 bits per heavy atom. The average molecular weight is 357 g/mol. The Balaban J connectivity index is 1.98. The van der Waals surface area contributed by atoms with Gasteiger partial charge in [-0.3, -0.25) is 4.40 Å². The first-order valence-corrected chi connectivity index (χ1v) is 8.06. The summed E-state index contributed by atoms with van der Waals surface area (Å²) < 4.78 is 40.2. The van der Waals surface area contributed by atoms with Crippen LogP contribution in [0.5, 0.6) is 0 Å². The monoisotopic (exact) mass is 357 g/mol. The van der Waals surface area contributed by atoms with Crippen LogP contribution in [0.15, 0.2) is 50.9 Å². The van der Waals surface area contributed by atoms with E-state index in [0.29, 0.717) is 15.6 Å². The Bertz CT molecular complexity index is 854. The van der Waals surface area contributed by atoms with Crippen molar-refractivity contribution < 1.29 is 18.0 Å². The molecule has 0 N–H and O–H groups in total. The minimum atomic E-state index is -4.37. The fraction of sp³-hybridized carbons (Fsp3) is 0.143. The average Bonchev–Trinajstić information content (AvgIpc) is 3.06. The van der Waals surface area contributed by atoms with Gasteiger partial charge in [0.05, 0.1) is 11.8 Å². The molecule has 0 fully saturated rings. The highest BCUT2D eigenvalue weighted by Crippen LogP contribution is 2.35.